The molecule has 0 radical (unpaired) electrons. The third kappa shape index (κ3) is 3.03. The predicted molar refractivity (Wildman–Crippen MR) is 83.9 cm³/mol. The molecule has 2 aromatic carbocycles. The summed E-state index contributed by atoms with van der Waals surface area (Å²) in [6.45, 7) is 3.39. The summed E-state index contributed by atoms with van der Waals surface area (Å²) >= 11 is 0. The third-order valence-electron chi connectivity index (χ3n) is 3.77. The van der Waals surface area contributed by atoms with Crippen LogP contribution in [0.4, 0.5) is 0 Å². The second-order valence-corrected chi connectivity index (χ2v) is 5.38. The molecule has 3 nitrogen and oxygen atoms in total. The zero-order chi connectivity index (χ0) is 14.7. The molecule has 0 fully saturated rings. The molecule has 110 valence electrons. The number of hydrogen-bond donors (Lipinski definition) is 1. The molecule has 0 saturated heterocycles. The van der Waals surface area contributed by atoms with Gasteiger partial charge in [-0.3, -0.25) is 0 Å². The van der Waals surface area contributed by atoms with E-state index < -0.39 is 0 Å². The van der Waals surface area contributed by atoms with Crippen molar-refractivity contribution in [1.82, 2.24) is 0 Å². The van der Waals surface area contributed by atoms with Gasteiger partial charge in [0.1, 0.15) is 13.2 Å². The van der Waals surface area contributed by atoms with Crippen LogP contribution in [0.3, 0.4) is 0 Å². The van der Waals surface area contributed by atoms with Gasteiger partial charge in [0.05, 0.1) is 6.04 Å². The van der Waals surface area contributed by atoms with Crippen molar-refractivity contribution in [3.63, 3.8) is 0 Å². The number of fused-ring (bicyclic) bond motifs is 1. The minimum absolute atomic E-state index is 0.141. The van der Waals surface area contributed by atoms with Crippen LogP contribution in [0.15, 0.2) is 42.5 Å². The molecule has 1 unspecified atom stereocenters. The van der Waals surface area contributed by atoms with Crippen molar-refractivity contribution >= 4 is 0 Å². The largest absolute Gasteiger partial charge is 0.486 e. The molecule has 0 aromatic heterocycles. The average Bonchev–Trinajstić information content (AvgIpc) is 2.54. The SMILES string of the molecule is CCCc1cccc(C(N)c2ccc3c(c2)OCCO3)c1. The molecule has 3 heteroatoms. The topological polar surface area (TPSA) is 44.5 Å². The molecule has 0 aliphatic carbocycles. The van der Waals surface area contributed by atoms with Crippen LogP contribution in [0.25, 0.3) is 0 Å². The van der Waals surface area contributed by atoms with Gasteiger partial charge in [0.2, 0.25) is 0 Å². The second-order valence-electron chi connectivity index (χ2n) is 5.38. The van der Waals surface area contributed by atoms with E-state index in [0.29, 0.717) is 13.2 Å². The maximum absolute atomic E-state index is 6.42. The van der Waals surface area contributed by atoms with Gasteiger partial charge in [-0.2, -0.15) is 0 Å². The summed E-state index contributed by atoms with van der Waals surface area (Å²) in [7, 11) is 0. The Hall–Kier alpha value is -2.00. The van der Waals surface area contributed by atoms with Crippen LogP contribution in [0.1, 0.15) is 36.1 Å². The van der Waals surface area contributed by atoms with E-state index in [1.54, 1.807) is 0 Å². The molecule has 2 N–H and O–H groups in total. The summed E-state index contributed by atoms with van der Waals surface area (Å²) in [4.78, 5) is 0. The summed E-state index contributed by atoms with van der Waals surface area (Å²) in [5, 5.41) is 0. The van der Waals surface area contributed by atoms with Crippen molar-refractivity contribution in [2.75, 3.05) is 13.2 Å². The number of nitrogens with two attached hydrogens (primary N) is 1. The monoisotopic (exact) mass is 283 g/mol. The fourth-order valence-electron chi connectivity index (χ4n) is 2.68. The summed E-state index contributed by atoms with van der Waals surface area (Å²) in [6.07, 6.45) is 2.23. The lowest BCUT2D eigenvalue weighted by Gasteiger charge is -2.21. The van der Waals surface area contributed by atoms with Crippen molar-refractivity contribution in [1.29, 1.82) is 0 Å². The Bertz CT molecular complexity index is 624. The van der Waals surface area contributed by atoms with E-state index >= 15 is 0 Å². The predicted octanol–water partition coefficient (Wildman–Crippen LogP) is 3.46. The smallest absolute Gasteiger partial charge is 0.161 e. The van der Waals surface area contributed by atoms with Gasteiger partial charge in [-0.05, 0) is 35.2 Å². The van der Waals surface area contributed by atoms with E-state index in [1.165, 1.54) is 5.56 Å². The number of ether oxygens (including phenoxy) is 2. The van der Waals surface area contributed by atoms with Gasteiger partial charge in [0, 0.05) is 0 Å². The number of aryl methyl sites for hydroxylation is 1. The van der Waals surface area contributed by atoms with Crippen LogP contribution in [-0.2, 0) is 6.42 Å². The Morgan fingerprint density at radius 1 is 1.00 bits per heavy atom. The highest BCUT2D eigenvalue weighted by molar-refractivity contribution is 5.46. The van der Waals surface area contributed by atoms with Crippen molar-refractivity contribution in [3.05, 3.63) is 59.2 Å². The maximum atomic E-state index is 6.42. The van der Waals surface area contributed by atoms with Gasteiger partial charge in [-0.1, -0.05) is 43.7 Å². The van der Waals surface area contributed by atoms with E-state index in [1.807, 2.05) is 18.2 Å². The Labute approximate surface area is 125 Å². The van der Waals surface area contributed by atoms with Crippen molar-refractivity contribution in [3.8, 4) is 11.5 Å². The lowest BCUT2D eigenvalue weighted by Crippen LogP contribution is -2.17. The molecule has 0 spiro atoms. The van der Waals surface area contributed by atoms with Crippen LogP contribution in [0, 0.1) is 0 Å². The molecule has 1 aliphatic heterocycles. The van der Waals surface area contributed by atoms with Crippen LogP contribution in [0.2, 0.25) is 0 Å². The first kappa shape index (κ1) is 14.0. The first-order chi connectivity index (χ1) is 10.3. The molecule has 1 aliphatic rings. The normalized spacial score (nSPS) is 14.8. The van der Waals surface area contributed by atoms with E-state index in [4.69, 9.17) is 15.2 Å². The highest BCUT2D eigenvalue weighted by atomic mass is 16.6. The van der Waals surface area contributed by atoms with E-state index in [9.17, 15) is 0 Å². The van der Waals surface area contributed by atoms with Gasteiger partial charge < -0.3 is 15.2 Å². The highest BCUT2D eigenvalue weighted by Gasteiger charge is 2.16. The molecule has 0 amide bonds. The van der Waals surface area contributed by atoms with Crippen LogP contribution in [0.5, 0.6) is 11.5 Å². The fourth-order valence-corrected chi connectivity index (χ4v) is 2.68. The Balaban J connectivity index is 1.87. The summed E-state index contributed by atoms with van der Waals surface area (Å²) < 4.78 is 11.2. The molecule has 0 bridgehead atoms. The van der Waals surface area contributed by atoms with Crippen LogP contribution >= 0.6 is 0 Å². The van der Waals surface area contributed by atoms with Gasteiger partial charge in [-0.25, -0.2) is 0 Å². The zero-order valence-corrected chi connectivity index (χ0v) is 12.3. The Morgan fingerprint density at radius 3 is 2.57 bits per heavy atom. The zero-order valence-electron chi connectivity index (χ0n) is 12.3. The van der Waals surface area contributed by atoms with Crippen molar-refractivity contribution < 1.29 is 9.47 Å². The fraction of sp³-hybridized carbons (Fsp3) is 0.333. The van der Waals surface area contributed by atoms with Gasteiger partial charge in [0.15, 0.2) is 11.5 Å². The molecular weight excluding hydrogens is 262 g/mol. The molecule has 1 heterocycles. The summed E-state index contributed by atoms with van der Waals surface area (Å²) in [5.41, 5.74) is 9.94. The summed E-state index contributed by atoms with van der Waals surface area (Å²) in [5.74, 6) is 1.59. The lowest BCUT2D eigenvalue weighted by molar-refractivity contribution is 0.171. The maximum Gasteiger partial charge on any atom is 0.161 e. The molecule has 21 heavy (non-hydrogen) atoms. The van der Waals surface area contributed by atoms with Crippen LogP contribution in [-0.4, -0.2) is 13.2 Å². The number of benzene rings is 2. The van der Waals surface area contributed by atoms with Crippen molar-refractivity contribution in [2.24, 2.45) is 5.73 Å². The van der Waals surface area contributed by atoms with Gasteiger partial charge >= 0.3 is 0 Å². The van der Waals surface area contributed by atoms with E-state index in [0.717, 1.165) is 35.5 Å². The molecule has 2 aromatic rings. The Morgan fingerprint density at radius 2 is 1.76 bits per heavy atom. The second kappa shape index (κ2) is 6.19. The molecule has 1 atom stereocenters. The standard InChI is InChI=1S/C18H21NO2/c1-2-4-13-5-3-6-14(11-13)18(19)15-7-8-16-17(12-15)21-10-9-20-16/h3,5-8,11-12,18H,2,4,9-10,19H2,1H3. The van der Waals surface area contributed by atoms with Crippen molar-refractivity contribution in [2.45, 2.75) is 25.8 Å². The Kier molecular flexibility index (Phi) is 4.11. The number of rotatable bonds is 4. The van der Waals surface area contributed by atoms with Gasteiger partial charge in [0.25, 0.3) is 0 Å². The first-order valence-electron chi connectivity index (χ1n) is 7.52. The number of hydrogen-bond acceptors (Lipinski definition) is 3. The summed E-state index contributed by atoms with van der Waals surface area (Å²) in [6, 6.07) is 14.3. The third-order valence-corrected chi connectivity index (χ3v) is 3.77. The minimum atomic E-state index is -0.141. The molecule has 3 rings (SSSR count). The molecular formula is C18H21NO2. The average molecular weight is 283 g/mol. The van der Waals surface area contributed by atoms with E-state index in [2.05, 4.69) is 31.2 Å². The van der Waals surface area contributed by atoms with E-state index in [-0.39, 0.29) is 6.04 Å². The quantitative estimate of drug-likeness (QED) is 0.934. The van der Waals surface area contributed by atoms with Crippen LogP contribution < -0.4 is 15.2 Å². The molecule has 0 saturated carbocycles. The van der Waals surface area contributed by atoms with Gasteiger partial charge in [-0.15, -0.1) is 0 Å². The highest BCUT2D eigenvalue weighted by Crippen LogP contribution is 2.33. The minimum Gasteiger partial charge on any atom is -0.486 e. The lowest BCUT2D eigenvalue weighted by atomic mass is 9.96. The first-order valence-corrected chi connectivity index (χ1v) is 7.52.